The van der Waals surface area contributed by atoms with E-state index in [4.69, 9.17) is 9.65 Å². The maximum absolute atomic E-state index is 5.26. The third-order valence-electron chi connectivity index (χ3n) is 5.64. The van der Waals surface area contributed by atoms with E-state index in [1.54, 1.807) is 0 Å². The number of hydrogen-bond acceptors (Lipinski definition) is 3. The Labute approximate surface area is 152 Å². The van der Waals surface area contributed by atoms with Gasteiger partial charge in [0.15, 0.2) is 0 Å². The van der Waals surface area contributed by atoms with E-state index in [-0.39, 0.29) is 19.5 Å². The Hall–Kier alpha value is 0.813. The fourth-order valence-corrected chi connectivity index (χ4v) is 5.04. The van der Waals surface area contributed by atoms with Crippen LogP contribution in [0.15, 0.2) is 0 Å². The number of nitrogens with zero attached hydrogens (tertiary/aromatic N) is 2. The van der Waals surface area contributed by atoms with Gasteiger partial charge < -0.3 is 10.0 Å². The number of hydrogen-bond donors (Lipinski definition) is 0. The van der Waals surface area contributed by atoms with E-state index in [1.165, 1.54) is 71.3 Å². The first-order chi connectivity index (χ1) is 10.4. The van der Waals surface area contributed by atoms with Gasteiger partial charge in [-0.1, -0.05) is 88.3 Å². The molecule has 0 N–H and O–H groups in total. The molecule has 122 valence electrons. The zero-order valence-electron chi connectivity index (χ0n) is 13.8. The number of piperidine rings is 1. The minimum absolute atomic E-state index is 0. The van der Waals surface area contributed by atoms with E-state index in [0.29, 0.717) is 24.0 Å². The Bertz CT molecular complexity index is 325. The summed E-state index contributed by atoms with van der Waals surface area (Å²) in [6, 6.07) is 1.59. The molecule has 3 aliphatic rings. The zero-order valence-corrected chi connectivity index (χ0v) is 17.6. The third kappa shape index (κ3) is 4.91. The van der Waals surface area contributed by atoms with Gasteiger partial charge in [0, 0.05) is 0 Å². The predicted molar refractivity (Wildman–Crippen MR) is 86.9 cm³/mol. The summed E-state index contributed by atoms with van der Waals surface area (Å²) < 4.78 is 9.52. The molecule has 0 radical (unpaired) electrons. The second-order valence-electron chi connectivity index (χ2n) is 6.84. The minimum Gasteiger partial charge on any atom is -0.656 e. The number of rotatable bonds is 5. The summed E-state index contributed by atoms with van der Waals surface area (Å²) >= 11 is 1.11. The summed E-state index contributed by atoms with van der Waals surface area (Å²) in [4.78, 5) is 4.63. The van der Waals surface area contributed by atoms with Crippen LogP contribution in [0, 0.1) is 11.8 Å². The molecule has 0 aromatic heterocycles. The van der Waals surface area contributed by atoms with Crippen LogP contribution in [-0.2, 0) is 28.7 Å². The van der Waals surface area contributed by atoms with Crippen molar-refractivity contribution in [2.45, 2.75) is 82.3 Å². The average molecular weight is 378 g/mol. The van der Waals surface area contributed by atoms with Gasteiger partial charge in [0.2, 0.25) is 0 Å². The summed E-state index contributed by atoms with van der Waals surface area (Å²) in [6.07, 6.45) is 13.3. The second-order valence-corrected chi connectivity index (χ2v) is 7.33. The standard InChI is InChI=1S/C16H28N2O2S.Zn/c1-19-20-21-18-16-9-5-3-7-13(16)15-11-10-12-6-2-4-8-14(12)17-15;/h12-16H,2-11H2,1H3;/q-2;+2. The molecule has 6 heteroatoms. The van der Waals surface area contributed by atoms with Crippen molar-refractivity contribution in [2.24, 2.45) is 11.8 Å². The minimum atomic E-state index is 0. The van der Waals surface area contributed by atoms with Crippen molar-refractivity contribution < 1.29 is 28.7 Å². The van der Waals surface area contributed by atoms with Crippen LogP contribution in [0.25, 0.3) is 10.0 Å². The summed E-state index contributed by atoms with van der Waals surface area (Å²) in [5, 5.41) is 5.26. The molecule has 0 aromatic rings. The second kappa shape index (κ2) is 9.95. The monoisotopic (exact) mass is 376 g/mol. The summed E-state index contributed by atoms with van der Waals surface area (Å²) in [6.45, 7) is 0. The normalized spacial score (nSPS) is 38.9. The van der Waals surface area contributed by atoms with Crippen LogP contribution in [0.4, 0.5) is 0 Å². The van der Waals surface area contributed by atoms with Crippen molar-refractivity contribution in [3.63, 3.8) is 0 Å². The van der Waals surface area contributed by atoms with Gasteiger partial charge in [-0.3, -0.25) is 0 Å². The Morgan fingerprint density at radius 3 is 2.55 bits per heavy atom. The van der Waals surface area contributed by atoms with Crippen LogP contribution in [0.5, 0.6) is 0 Å². The molecule has 5 unspecified atom stereocenters. The predicted octanol–water partition coefficient (Wildman–Crippen LogP) is 5.15. The molecule has 22 heavy (non-hydrogen) atoms. The Morgan fingerprint density at radius 2 is 1.68 bits per heavy atom. The molecule has 0 amide bonds. The maximum atomic E-state index is 5.26. The number of fused-ring (bicyclic) bond motifs is 1. The first-order valence-electron chi connectivity index (χ1n) is 8.65. The topological polar surface area (TPSA) is 46.7 Å². The maximum Gasteiger partial charge on any atom is 2.00 e. The molecule has 1 aliphatic heterocycles. The van der Waals surface area contributed by atoms with Gasteiger partial charge in [0.05, 0.1) is 7.11 Å². The molecule has 5 atom stereocenters. The fourth-order valence-electron chi connectivity index (χ4n) is 4.57. The molecule has 1 heterocycles. The van der Waals surface area contributed by atoms with Crippen LogP contribution in [0.3, 0.4) is 0 Å². The molecule has 1 saturated heterocycles. The Morgan fingerprint density at radius 1 is 0.909 bits per heavy atom. The van der Waals surface area contributed by atoms with Gasteiger partial charge in [-0.15, -0.1) is 18.1 Å². The van der Waals surface area contributed by atoms with Crippen molar-refractivity contribution in [2.75, 3.05) is 7.11 Å². The SMILES string of the molecule is COOS[N-]C1CCCCC1C1CCC2CCCCC2[N-]1.[Zn+2]. The van der Waals surface area contributed by atoms with Crippen molar-refractivity contribution in [3.05, 3.63) is 10.0 Å². The van der Waals surface area contributed by atoms with E-state index in [9.17, 15) is 0 Å². The van der Waals surface area contributed by atoms with Gasteiger partial charge in [0.1, 0.15) is 0 Å². The van der Waals surface area contributed by atoms with Crippen LogP contribution in [0.2, 0.25) is 0 Å². The van der Waals surface area contributed by atoms with Crippen LogP contribution >= 0.6 is 12.2 Å². The largest absolute Gasteiger partial charge is 2.00 e. The van der Waals surface area contributed by atoms with Gasteiger partial charge in [-0.05, 0) is 0 Å². The first kappa shape index (κ1) is 19.1. The zero-order chi connectivity index (χ0) is 14.5. The Kier molecular flexibility index (Phi) is 8.66. The molecule has 0 spiro atoms. The van der Waals surface area contributed by atoms with Gasteiger partial charge in [0.25, 0.3) is 0 Å². The van der Waals surface area contributed by atoms with E-state index in [1.807, 2.05) is 0 Å². The van der Waals surface area contributed by atoms with Crippen LogP contribution < -0.4 is 0 Å². The quantitative estimate of drug-likeness (QED) is 0.166. The van der Waals surface area contributed by atoms with Crippen LogP contribution in [0.1, 0.15) is 64.2 Å². The smallest absolute Gasteiger partial charge is 0.656 e. The first-order valence-corrected chi connectivity index (χ1v) is 9.35. The molecule has 0 bridgehead atoms. The van der Waals surface area contributed by atoms with Gasteiger partial charge >= 0.3 is 19.5 Å². The van der Waals surface area contributed by atoms with Gasteiger partial charge in [-0.25, -0.2) is 4.89 Å². The molecule has 2 aliphatic carbocycles. The van der Waals surface area contributed by atoms with Crippen molar-refractivity contribution >= 4 is 12.2 Å². The van der Waals surface area contributed by atoms with Crippen molar-refractivity contribution in [3.8, 4) is 0 Å². The summed E-state index contributed by atoms with van der Waals surface area (Å²) in [5.74, 6) is 1.52. The fraction of sp³-hybridized carbons (Fsp3) is 1.00. The summed E-state index contributed by atoms with van der Waals surface area (Å²) in [5.41, 5.74) is 0. The molecule has 2 saturated carbocycles. The van der Waals surface area contributed by atoms with E-state index in [0.717, 1.165) is 18.1 Å². The van der Waals surface area contributed by atoms with E-state index < -0.39 is 0 Å². The molecule has 4 nitrogen and oxygen atoms in total. The van der Waals surface area contributed by atoms with Crippen molar-refractivity contribution in [1.82, 2.24) is 0 Å². The van der Waals surface area contributed by atoms with Crippen molar-refractivity contribution in [1.29, 1.82) is 0 Å². The molecular weight excluding hydrogens is 350 g/mol. The van der Waals surface area contributed by atoms with Crippen LogP contribution in [-0.4, -0.2) is 25.2 Å². The Balaban J connectivity index is 0.00000176. The molecular formula is C16H28N2O2SZn. The third-order valence-corrected chi connectivity index (χ3v) is 6.19. The average Bonchev–Trinajstić information content (AvgIpc) is 2.55. The molecule has 0 aromatic carbocycles. The molecule has 3 rings (SSSR count). The van der Waals surface area contributed by atoms with E-state index in [2.05, 4.69) is 9.61 Å². The van der Waals surface area contributed by atoms with Gasteiger partial charge in [-0.2, -0.15) is 4.33 Å². The molecule has 3 fully saturated rings. The van der Waals surface area contributed by atoms with E-state index >= 15 is 0 Å². The summed E-state index contributed by atoms with van der Waals surface area (Å²) in [7, 11) is 1.53.